The normalized spacial score (nSPS) is 10.4. The molecule has 0 spiro atoms. The molecule has 1 aromatic heterocycles. The molecule has 3 nitrogen and oxygen atoms in total. The van der Waals surface area contributed by atoms with E-state index in [2.05, 4.69) is 9.97 Å². The van der Waals surface area contributed by atoms with Gasteiger partial charge in [-0.1, -0.05) is 12.1 Å². The Balaban J connectivity index is 2.36. The first-order chi connectivity index (χ1) is 7.79. The number of hydrogen-bond donors (Lipinski definition) is 1. The second-order valence-electron chi connectivity index (χ2n) is 3.44. The monoisotopic (exact) mass is 217 g/mol. The molecule has 0 saturated heterocycles. The van der Waals surface area contributed by atoms with Crippen LogP contribution in [-0.4, -0.2) is 16.5 Å². The van der Waals surface area contributed by atoms with Crippen molar-refractivity contribution in [3.05, 3.63) is 48.2 Å². The maximum atomic E-state index is 13.0. The molecule has 16 heavy (non-hydrogen) atoms. The van der Waals surface area contributed by atoms with Crippen molar-refractivity contribution in [2.45, 2.75) is 6.42 Å². The lowest BCUT2D eigenvalue weighted by Crippen LogP contribution is -2.05. The molecule has 2 rings (SSSR count). The molecule has 4 heteroatoms. The minimum absolute atomic E-state index is 0.275. The Kier molecular flexibility index (Phi) is 3.22. The molecule has 0 aliphatic heterocycles. The third-order valence-electron chi connectivity index (χ3n) is 2.21. The van der Waals surface area contributed by atoms with Gasteiger partial charge in [0.1, 0.15) is 5.82 Å². The summed E-state index contributed by atoms with van der Waals surface area (Å²) in [6, 6.07) is 6.30. The lowest BCUT2D eigenvalue weighted by atomic mass is 10.1. The van der Waals surface area contributed by atoms with Gasteiger partial charge in [-0.2, -0.15) is 0 Å². The SMILES string of the molecule is NCCc1cncc(-c2cccc(F)c2)n1. The maximum absolute atomic E-state index is 13.0. The van der Waals surface area contributed by atoms with Crippen LogP contribution >= 0.6 is 0 Å². The van der Waals surface area contributed by atoms with Crippen LogP contribution in [0.4, 0.5) is 4.39 Å². The van der Waals surface area contributed by atoms with Crippen LogP contribution < -0.4 is 5.73 Å². The number of nitrogens with zero attached hydrogens (tertiary/aromatic N) is 2. The van der Waals surface area contributed by atoms with Crippen molar-refractivity contribution in [2.24, 2.45) is 5.73 Å². The van der Waals surface area contributed by atoms with Gasteiger partial charge in [0.25, 0.3) is 0 Å². The first-order valence-corrected chi connectivity index (χ1v) is 5.06. The molecule has 0 aliphatic rings. The van der Waals surface area contributed by atoms with Crippen LogP contribution in [0.5, 0.6) is 0 Å². The van der Waals surface area contributed by atoms with Gasteiger partial charge >= 0.3 is 0 Å². The van der Waals surface area contributed by atoms with Crippen molar-refractivity contribution < 1.29 is 4.39 Å². The minimum Gasteiger partial charge on any atom is -0.330 e. The van der Waals surface area contributed by atoms with Crippen molar-refractivity contribution in [3.63, 3.8) is 0 Å². The molecule has 82 valence electrons. The summed E-state index contributed by atoms with van der Waals surface area (Å²) in [5.74, 6) is -0.275. The Morgan fingerprint density at radius 2 is 2.12 bits per heavy atom. The Hall–Kier alpha value is -1.81. The lowest BCUT2D eigenvalue weighted by molar-refractivity contribution is 0.628. The van der Waals surface area contributed by atoms with Crippen LogP contribution in [0.1, 0.15) is 5.69 Å². The van der Waals surface area contributed by atoms with E-state index in [-0.39, 0.29) is 5.82 Å². The summed E-state index contributed by atoms with van der Waals surface area (Å²) in [6.07, 6.45) is 3.97. The van der Waals surface area contributed by atoms with E-state index in [1.54, 1.807) is 24.5 Å². The zero-order valence-electron chi connectivity index (χ0n) is 8.73. The Morgan fingerprint density at radius 1 is 1.25 bits per heavy atom. The number of halogens is 1. The van der Waals surface area contributed by atoms with Crippen LogP contribution in [0.3, 0.4) is 0 Å². The van der Waals surface area contributed by atoms with E-state index in [4.69, 9.17) is 5.73 Å². The quantitative estimate of drug-likeness (QED) is 0.852. The van der Waals surface area contributed by atoms with Crippen LogP contribution in [-0.2, 0) is 6.42 Å². The zero-order chi connectivity index (χ0) is 11.4. The summed E-state index contributed by atoms with van der Waals surface area (Å²) in [7, 11) is 0. The largest absolute Gasteiger partial charge is 0.330 e. The van der Waals surface area contributed by atoms with Gasteiger partial charge in [-0.25, -0.2) is 9.37 Å². The second kappa shape index (κ2) is 4.81. The highest BCUT2D eigenvalue weighted by atomic mass is 19.1. The first kappa shape index (κ1) is 10.7. The van der Waals surface area contributed by atoms with E-state index in [0.29, 0.717) is 18.7 Å². The van der Waals surface area contributed by atoms with Gasteiger partial charge in [0.2, 0.25) is 0 Å². The summed E-state index contributed by atoms with van der Waals surface area (Å²) in [5, 5.41) is 0. The summed E-state index contributed by atoms with van der Waals surface area (Å²) < 4.78 is 13.0. The third-order valence-corrected chi connectivity index (χ3v) is 2.21. The fourth-order valence-electron chi connectivity index (χ4n) is 1.46. The van der Waals surface area contributed by atoms with Gasteiger partial charge in [0.15, 0.2) is 0 Å². The van der Waals surface area contributed by atoms with Gasteiger partial charge in [-0.15, -0.1) is 0 Å². The van der Waals surface area contributed by atoms with Crippen molar-refractivity contribution >= 4 is 0 Å². The van der Waals surface area contributed by atoms with E-state index in [1.165, 1.54) is 12.1 Å². The molecule has 0 aliphatic carbocycles. The van der Waals surface area contributed by atoms with Gasteiger partial charge < -0.3 is 5.73 Å². The molecule has 0 saturated carbocycles. The molecule has 2 aromatic rings. The van der Waals surface area contributed by atoms with E-state index < -0.39 is 0 Å². The van der Waals surface area contributed by atoms with Crippen LogP contribution in [0.15, 0.2) is 36.7 Å². The van der Waals surface area contributed by atoms with Crippen molar-refractivity contribution in [1.82, 2.24) is 9.97 Å². The molecule has 0 bridgehead atoms. The maximum Gasteiger partial charge on any atom is 0.123 e. The summed E-state index contributed by atoms with van der Waals surface area (Å²) in [5.41, 5.74) is 7.67. The number of nitrogens with two attached hydrogens (primary N) is 1. The van der Waals surface area contributed by atoms with Gasteiger partial charge in [-0.3, -0.25) is 4.98 Å². The minimum atomic E-state index is -0.275. The molecular weight excluding hydrogens is 205 g/mol. The average Bonchev–Trinajstić information content (AvgIpc) is 2.30. The smallest absolute Gasteiger partial charge is 0.123 e. The Labute approximate surface area is 93.2 Å². The number of rotatable bonds is 3. The van der Waals surface area contributed by atoms with Crippen LogP contribution in [0.2, 0.25) is 0 Å². The summed E-state index contributed by atoms with van der Waals surface area (Å²) >= 11 is 0. The van der Waals surface area contributed by atoms with Crippen LogP contribution in [0, 0.1) is 5.82 Å². The van der Waals surface area contributed by atoms with Crippen molar-refractivity contribution in [3.8, 4) is 11.3 Å². The van der Waals surface area contributed by atoms with Crippen molar-refractivity contribution in [2.75, 3.05) is 6.54 Å². The highest BCUT2D eigenvalue weighted by Gasteiger charge is 2.02. The van der Waals surface area contributed by atoms with Crippen LogP contribution in [0.25, 0.3) is 11.3 Å². The third kappa shape index (κ3) is 2.41. The predicted octanol–water partition coefficient (Wildman–Crippen LogP) is 1.78. The molecule has 0 atom stereocenters. The number of hydrogen-bond acceptors (Lipinski definition) is 3. The Morgan fingerprint density at radius 3 is 2.88 bits per heavy atom. The predicted molar refractivity (Wildman–Crippen MR) is 60.2 cm³/mol. The summed E-state index contributed by atoms with van der Waals surface area (Å²) in [6.45, 7) is 0.529. The van der Waals surface area contributed by atoms with Gasteiger partial charge in [-0.05, 0) is 18.7 Å². The summed E-state index contributed by atoms with van der Waals surface area (Å²) in [4.78, 5) is 8.43. The molecule has 0 amide bonds. The number of benzene rings is 1. The Bertz CT molecular complexity index is 485. The lowest BCUT2D eigenvalue weighted by Gasteiger charge is -2.03. The molecule has 1 heterocycles. The molecule has 0 radical (unpaired) electrons. The highest BCUT2D eigenvalue weighted by Crippen LogP contribution is 2.17. The van der Waals surface area contributed by atoms with E-state index in [1.807, 2.05) is 0 Å². The number of aromatic nitrogens is 2. The molecule has 0 fully saturated rings. The first-order valence-electron chi connectivity index (χ1n) is 5.06. The molecular formula is C12H12FN3. The zero-order valence-corrected chi connectivity index (χ0v) is 8.73. The standard InChI is InChI=1S/C12H12FN3/c13-10-3-1-2-9(6-10)12-8-15-7-11(16-12)4-5-14/h1-3,6-8H,4-5,14H2. The molecule has 2 N–H and O–H groups in total. The molecule has 0 unspecified atom stereocenters. The second-order valence-corrected chi connectivity index (χ2v) is 3.44. The van der Waals surface area contributed by atoms with Crippen molar-refractivity contribution in [1.29, 1.82) is 0 Å². The van der Waals surface area contributed by atoms with E-state index in [0.717, 1.165) is 11.3 Å². The highest BCUT2D eigenvalue weighted by molar-refractivity contribution is 5.57. The van der Waals surface area contributed by atoms with E-state index >= 15 is 0 Å². The van der Waals surface area contributed by atoms with Gasteiger partial charge in [0, 0.05) is 18.2 Å². The fourth-order valence-corrected chi connectivity index (χ4v) is 1.46. The average molecular weight is 217 g/mol. The molecule has 1 aromatic carbocycles. The fraction of sp³-hybridized carbons (Fsp3) is 0.167. The van der Waals surface area contributed by atoms with E-state index in [9.17, 15) is 4.39 Å². The van der Waals surface area contributed by atoms with Gasteiger partial charge in [0.05, 0.1) is 17.6 Å². The topological polar surface area (TPSA) is 51.8 Å².